The molecule has 1 N–H and O–H groups in total. The Balaban J connectivity index is 2.50. The van der Waals surface area contributed by atoms with Crippen LogP contribution in [0.4, 0.5) is 0 Å². The Morgan fingerprint density at radius 3 is 2.29 bits per heavy atom. The van der Waals surface area contributed by atoms with Crippen molar-refractivity contribution in [2.75, 3.05) is 13.1 Å². The van der Waals surface area contributed by atoms with E-state index in [0.717, 1.165) is 0 Å². The van der Waals surface area contributed by atoms with E-state index in [9.17, 15) is 14.7 Å². The highest BCUT2D eigenvalue weighted by molar-refractivity contribution is 5.84. The highest BCUT2D eigenvalue weighted by Gasteiger charge is 2.31. The van der Waals surface area contributed by atoms with Gasteiger partial charge in [0.25, 0.3) is 5.91 Å². The fourth-order valence-electron chi connectivity index (χ4n) is 1.59. The molecule has 1 heterocycles. The Kier molecular flexibility index (Phi) is 3.26. The molecule has 14 heavy (non-hydrogen) atoms. The molecule has 1 aliphatic rings. The van der Waals surface area contributed by atoms with Gasteiger partial charge in [0.2, 0.25) is 6.29 Å². The number of carbonyl (C=O) groups excluding carboxylic acids is 2. The summed E-state index contributed by atoms with van der Waals surface area (Å²) in [5, 5.41) is 9.49. The van der Waals surface area contributed by atoms with Gasteiger partial charge in [-0.25, -0.2) is 0 Å². The number of carbonyl (C=O) groups is 1. The molecular formula is C10H16NO3. The monoisotopic (exact) mass is 198 g/mol. The van der Waals surface area contributed by atoms with Gasteiger partial charge in [0.15, 0.2) is 0 Å². The standard InChI is InChI=1S/C10H16NO3/c1-10(2,14)9(13)11-5-3-8(7-12)4-6-11/h8,14H,3-6H2,1-2H3. The minimum atomic E-state index is -1.31. The van der Waals surface area contributed by atoms with Gasteiger partial charge in [-0.1, -0.05) is 0 Å². The molecule has 4 heteroatoms. The summed E-state index contributed by atoms with van der Waals surface area (Å²) in [6.45, 7) is 4.05. The van der Waals surface area contributed by atoms with Gasteiger partial charge in [-0.05, 0) is 26.7 Å². The second kappa shape index (κ2) is 4.09. The zero-order chi connectivity index (χ0) is 10.8. The van der Waals surface area contributed by atoms with E-state index < -0.39 is 5.60 Å². The first-order valence-corrected chi connectivity index (χ1v) is 4.84. The average Bonchev–Trinajstić information content (AvgIpc) is 2.15. The van der Waals surface area contributed by atoms with Crippen molar-refractivity contribution in [2.24, 2.45) is 5.92 Å². The maximum Gasteiger partial charge on any atom is 0.253 e. The number of amides is 1. The van der Waals surface area contributed by atoms with Crippen molar-refractivity contribution in [3.63, 3.8) is 0 Å². The smallest absolute Gasteiger partial charge is 0.253 e. The minimum Gasteiger partial charge on any atom is -0.381 e. The van der Waals surface area contributed by atoms with Crippen LogP contribution in [0.3, 0.4) is 0 Å². The van der Waals surface area contributed by atoms with Crippen molar-refractivity contribution in [2.45, 2.75) is 32.3 Å². The Hall–Kier alpha value is -0.900. The van der Waals surface area contributed by atoms with Gasteiger partial charge in [0, 0.05) is 19.0 Å². The van der Waals surface area contributed by atoms with Crippen LogP contribution in [0, 0.1) is 5.92 Å². The lowest BCUT2D eigenvalue weighted by molar-refractivity contribution is -0.149. The van der Waals surface area contributed by atoms with E-state index in [1.165, 1.54) is 13.8 Å². The van der Waals surface area contributed by atoms with Crippen LogP contribution in [-0.2, 0) is 9.59 Å². The number of rotatable bonds is 2. The van der Waals surface area contributed by atoms with Crippen LogP contribution in [0.1, 0.15) is 26.7 Å². The summed E-state index contributed by atoms with van der Waals surface area (Å²) >= 11 is 0. The second-order valence-corrected chi connectivity index (χ2v) is 4.24. The number of hydrogen-bond acceptors (Lipinski definition) is 3. The van der Waals surface area contributed by atoms with Gasteiger partial charge in [-0.3, -0.25) is 9.59 Å². The molecule has 1 amide bonds. The summed E-state index contributed by atoms with van der Waals surface area (Å²) in [4.78, 5) is 23.6. The summed E-state index contributed by atoms with van der Waals surface area (Å²) in [5.41, 5.74) is -1.31. The molecule has 1 rings (SSSR count). The highest BCUT2D eigenvalue weighted by atomic mass is 16.3. The van der Waals surface area contributed by atoms with Crippen LogP contribution in [-0.4, -0.2) is 40.9 Å². The quantitative estimate of drug-likeness (QED) is 0.685. The van der Waals surface area contributed by atoms with Crippen molar-refractivity contribution in [3.8, 4) is 0 Å². The lowest BCUT2D eigenvalue weighted by atomic mass is 9.97. The normalized spacial score (nSPS) is 19.5. The van der Waals surface area contributed by atoms with E-state index in [4.69, 9.17) is 0 Å². The average molecular weight is 198 g/mol. The van der Waals surface area contributed by atoms with Gasteiger partial charge in [-0.2, -0.15) is 0 Å². The van der Waals surface area contributed by atoms with Crippen molar-refractivity contribution in [1.29, 1.82) is 0 Å². The van der Waals surface area contributed by atoms with Gasteiger partial charge in [-0.15, -0.1) is 0 Å². The van der Waals surface area contributed by atoms with Crippen molar-refractivity contribution in [3.05, 3.63) is 0 Å². The molecule has 0 spiro atoms. The van der Waals surface area contributed by atoms with Crippen LogP contribution in [0.15, 0.2) is 0 Å². The molecule has 1 radical (unpaired) electrons. The number of nitrogens with zero attached hydrogens (tertiary/aromatic N) is 1. The third-order valence-electron chi connectivity index (χ3n) is 2.47. The first kappa shape index (κ1) is 11.2. The zero-order valence-electron chi connectivity index (χ0n) is 8.62. The third-order valence-corrected chi connectivity index (χ3v) is 2.47. The maximum atomic E-state index is 11.6. The maximum absolute atomic E-state index is 11.6. The summed E-state index contributed by atoms with van der Waals surface area (Å²) in [5.74, 6) is -0.303. The summed E-state index contributed by atoms with van der Waals surface area (Å²) < 4.78 is 0. The van der Waals surface area contributed by atoms with Crippen LogP contribution in [0.2, 0.25) is 0 Å². The molecule has 1 aliphatic heterocycles. The minimum absolute atomic E-state index is 0.0409. The number of aliphatic hydroxyl groups is 1. The largest absolute Gasteiger partial charge is 0.381 e. The molecule has 4 nitrogen and oxygen atoms in total. The van der Waals surface area contributed by atoms with Crippen molar-refractivity contribution in [1.82, 2.24) is 4.90 Å². The summed E-state index contributed by atoms with van der Waals surface area (Å²) in [7, 11) is 0. The fourth-order valence-corrected chi connectivity index (χ4v) is 1.59. The Labute approximate surface area is 83.9 Å². The first-order valence-electron chi connectivity index (χ1n) is 4.84. The molecular weight excluding hydrogens is 182 g/mol. The van der Waals surface area contributed by atoms with Gasteiger partial charge >= 0.3 is 0 Å². The number of piperidine rings is 1. The molecule has 1 saturated heterocycles. The molecule has 0 bridgehead atoms. The highest BCUT2D eigenvalue weighted by Crippen LogP contribution is 2.18. The van der Waals surface area contributed by atoms with Crippen molar-refractivity contribution < 1.29 is 14.7 Å². The molecule has 0 aromatic rings. The predicted octanol–water partition coefficient (Wildman–Crippen LogP) is 0.106. The SMILES string of the molecule is CC(C)(O)C(=O)N1CCC([C]=O)CC1. The summed E-state index contributed by atoms with van der Waals surface area (Å²) in [6.07, 6.45) is 3.27. The van der Waals surface area contributed by atoms with Gasteiger partial charge < -0.3 is 10.0 Å². The van der Waals surface area contributed by atoms with E-state index in [1.54, 1.807) is 4.90 Å². The molecule has 0 aromatic heterocycles. The molecule has 0 unspecified atom stereocenters. The topological polar surface area (TPSA) is 57.6 Å². The predicted molar refractivity (Wildman–Crippen MR) is 51.3 cm³/mol. The second-order valence-electron chi connectivity index (χ2n) is 4.24. The molecule has 0 aromatic carbocycles. The van der Waals surface area contributed by atoms with Crippen LogP contribution < -0.4 is 0 Å². The van der Waals surface area contributed by atoms with E-state index in [0.29, 0.717) is 25.9 Å². The first-order chi connectivity index (χ1) is 6.45. The Morgan fingerprint density at radius 1 is 1.43 bits per heavy atom. The lowest BCUT2D eigenvalue weighted by Gasteiger charge is -2.33. The van der Waals surface area contributed by atoms with E-state index >= 15 is 0 Å². The zero-order valence-corrected chi connectivity index (χ0v) is 8.62. The molecule has 0 saturated carbocycles. The third kappa shape index (κ3) is 2.54. The molecule has 79 valence electrons. The van der Waals surface area contributed by atoms with Crippen LogP contribution >= 0.6 is 0 Å². The number of likely N-dealkylation sites (tertiary alicyclic amines) is 1. The van der Waals surface area contributed by atoms with Crippen LogP contribution in [0.5, 0.6) is 0 Å². The molecule has 0 atom stereocenters. The van der Waals surface area contributed by atoms with Gasteiger partial charge in [0.1, 0.15) is 5.60 Å². The van der Waals surface area contributed by atoms with Gasteiger partial charge in [0.05, 0.1) is 0 Å². The number of hydrogen-bond donors (Lipinski definition) is 1. The lowest BCUT2D eigenvalue weighted by Crippen LogP contribution is -2.48. The van der Waals surface area contributed by atoms with Crippen LogP contribution in [0.25, 0.3) is 0 Å². The summed E-state index contributed by atoms with van der Waals surface area (Å²) in [6, 6.07) is 0. The fraction of sp³-hybridized carbons (Fsp3) is 0.800. The van der Waals surface area contributed by atoms with E-state index in [2.05, 4.69) is 0 Å². The Bertz CT molecular complexity index is 224. The van der Waals surface area contributed by atoms with E-state index in [1.807, 2.05) is 6.29 Å². The Morgan fingerprint density at radius 2 is 1.93 bits per heavy atom. The van der Waals surface area contributed by atoms with Crippen molar-refractivity contribution >= 4 is 12.2 Å². The van der Waals surface area contributed by atoms with E-state index in [-0.39, 0.29) is 11.8 Å². The molecule has 1 fully saturated rings. The molecule has 0 aliphatic carbocycles.